The van der Waals surface area contributed by atoms with Gasteiger partial charge in [0.25, 0.3) is 5.91 Å². The molecule has 0 saturated heterocycles. The third-order valence-corrected chi connectivity index (χ3v) is 5.00. The van der Waals surface area contributed by atoms with Crippen molar-refractivity contribution in [3.05, 3.63) is 59.7 Å². The molecule has 0 atom stereocenters. The van der Waals surface area contributed by atoms with Gasteiger partial charge in [0, 0.05) is 17.7 Å². The van der Waals surface area contributed by atoms with Gasteiger partial charge in [-0.15, -0.1) is 0 Å². The smallest absolute Gasteiger partial charge is 0.251 e. The second-order valence-electron chi connectivity index (χ2n) is 7.45. The maximum absolute atomic E-state index is 12.3. The lowest BCUT2D eigenvalue weighted by molar-refractivity contribution is -0.117. The number of nitrogens with two attached hydrogens (primary N) is 1. The molecule has 0 unspecified atom stereocenters. The van der Waals surface area contributed by atoms with E-state index >= 15 is 0 Å². The van der Waals surface area contributed by atoms with Crippen LogP contribution in [0.25, 0.3) is 0 Å². The van der Waals surface area contributed by atoms with Crippen molar-refractivity contribution in [1.29, 1.82) is 0 Å². The molecule has 1 fully saturated rings. The van der Waals surface area contributed by atoms with Crippen LogP contribution in [-0.4, -0.2) is 30.4 Å². The molecule has 3 amide bonds. The number of hydrogen-bond acceptors (Lipinski definition) is 4. The first-order chi connectivity index (χ1) is 14.5. The Labute approximate surface area is 176 Å². The molecule has 2 aromatic rings. The van der Waals surface area contributed by atoms with E-state index < -0.39 is 11.8 Å². The number of rotatable bonds is 9. The van der Waals surface area contributed by atoms with Crippen molar-refractivity contribution < 1.29 is 19.1 Å². The van der Waals surface area contributed by atoms with Crippen molar-refractivity contribution in [2.75, 3.05) is 11.9 Å². The third kappa shape index (κ3) is 6.62. The third-order valence-electron chi connectivity index (χ3n) is 5.00. The SMILES string of the molecule is NC(=O)CNC(=O)c1ccc(NC(=O)CCc2cccc(OC3CCCC3)c2)cc1. The van der Waals surface area contributed by atoms with E-state index in [2.05, 4.69) is 10.6 Å². The van der Waals surface area contributed by atoms with Crippen molar-refractivity contribution in [1.82, 2.24) is 5.32 Å². The van der Waals surface area contributed by atoms with E-state index in [-0.39, 0.29) is 12.5 Å². The van der Waals surface area contributed by atoms with Gasteiger partial charge in [0.2, 0.25) is 11.8 Å². The lowest BCUT2D eigenvalue weighted by Gasteiger charge is -2.14. The van der Waals surface area contributed by atoms with Crippen LogP contribution in [-0.2, 0) is 16.0 Å². The van der Waals surface area contributed by atoms with Crippen LogP contribution in [0.3, 0.4) is 0 Å². The molecule has 158 valence electrons. The first-order valence-electron chi connectivity index (χ1n) is 10.2. The van der Waals surface area contributed by atoms with Gasteiger partial charge in [-0.25, -0.2) is 0 Å². The monoisotopic (exact) mass is 409 g/mol. The van der Waals surface area contributed by atoms with Gasteiger partial charge < -0.3 is 21.1 Å². The van der Waals surface area contributed by atoms with Crippen molar-refractivity contribution in [2.45, 2.75) is 44.6 Å². The van der Waals surface area contributed by atoms with Crippen LogP contribution in [0.4, 0.5) is 5.69 Å². The van der Waals surface area contributed by atoms with Crippen molar-refractivity contribution >= 4 is 23.4 Å². The zero-order valence-corrected chi connectivity index (χ0v) is 16.9. The van der Waals surface area contributed by atoms with Crippen LogP contribution in [0.5, 0.6) is 5.75 Å². The minimum atomic E-state index is -0.608. The van der Waals surface area contributed by atoms with Gasteiger partial charge in [-0.05, 0) is 74.1 Å². The van der Waals surface area contributed by atoms with Gasteiger partial charge in [0.05, 0.1) is 12.6 Å². The van der Waals surface area contributed by atoms with Gasteiger partial charge in [-0.1, -0.05) is 12.1 Å². The normalized spacial score (nSPS) is 13.6. The average molecular weight is 409 g/mol. The summed E-state index contributed by atoms with van der Waals surface area (Å²) in [5.41, 5.74) is 7.05. The molecule has 7 heteroatoms. The number of nitrogens with one attached hydrogen (secondary N) is 2. The number of ether oxygens (including phenoxy) is 1. The summed E-state index contributed by atoms with van der Waals surface area (Å²) < 4.78 is 6.02. The van der Waals surface area contributed by atoms with Crippen LogP contribution in [0, 0.1) is 0 Å². The molecule has 4 N–H and O–H groups in total. The maximum Gasteiger partial charge on any atom is 0.251 e. The number of anilines is 1. The van der Waals surface area contributed by atoms with E-state index in [1.54, 1.807) is 24.3 Å². The zero-order valence-electron chi connectivity index (χ0n) is 16.9. The molecule has 1 saturated carbocycles. The molecule has 1 aliphatic carbocycles. The van der Waals surface area contributed by atoms with Crippen LogP contribution in [0.2, 0.25) is 0 Å². The average Bonchev–Trinajstić information content (AvgIpc) is 3.24. The number of amides is 3. The molecule has 7 nitrogen and oxygen atoms in total. The minimum absolute atomic E-state index is 0.108. The summed E-state index contributed by atoms with van der Waals surface area (Å²) in [5.74, 6) is -0.248. The summed E-state index contributed by atoms with van der Waals surface area (Å²) in [4.78, 5) is 34.9. The van der Waals surface area contributed by atoms with Crippen LogP contribution in [0.15, 0.2) is 48.5 Å². The Morgan fingerprint density at radius 2 is 1.77 bits per heavy atom. The highest BCUT2D eigenvalue weighted by molar-refractivity contribution is 5.97. The van der Waals surface area contributed by atoms with Crippen LogP contribution in [0.1, 0.15) is 48.0 Å². The predicted molar refractivity (Wildman–Crippen MR) is 114 cm³/mol. The summed E-state index contributed by atoms with van der Waals surface area (Å²) in [5, 5.41) is 5.24. The molecule has 0 aliphatic heterocycles. The minimum Gasteiger partial charge on any atom is -0.490 e. The topological polar surface area (TPSA) is 111 Å². The predicted octanol–water partition coefficient (Wildman–Crippen LogP) is 2.79. The van der Waals surface area contributed by atoms with E-state index in [0.29, 0.717) is 30.2 Å². The first-order valence-corrected chi connectivity index (χ1v) is 10.2. The Morgan fingerprint density at radius 1 is 1.03 bits per heavy atom. The fourth-order valence-electron chi connectivity index (χ4n) is 3.43. The molecule has 0 aromatic heterocycles. The number of benzene rings is 2. The van der Waals surface area contributed by atoms with E-state index in [9.17, 15) is 14.4 Å². The second kappa shape index (κ2) is 10.4. The Hall–Kier alpha value is -3.35. The van der Waals surface area contributed by atoms with Gasteiger partial charge in [0.1, 0.15) is 5.75 Å². The number of hydrogen-bond donors (Lipinski definition) is 3. The fraction of sp³-hybridized carbons (Fsp3) is 0.348. The zero-order chi connectivity index (χ0) is 21.3. The maximum atomic E-state index is 12.3. The fourth-order valence-corrected chi connectivity index (χ4v) is 3.43. The van der Waals surface area contributed by atoms with Crippen LogP contribution < -0.4 is 21.1 Å². The molecule has 30 heavy (non-hydrogen) atoms. The molecule has 1 aliphatic rings. The Bertz CT molecular complexity index is 890. The molecule has 0 spiro atoms. The molecule has 0 heterocycles. The molecule has 0 radical (unpaired) electrons. The molecule has 0 bridgehead atoms. The summed E-state index contributed by atoms with van der Waals surface area (Å²) >= 11 is 0. The standard InChI is InChI=1S/C23H27N3O4/c24-21(27)15-25-23(29)17-9-11-18(12-10-17)26-22(28)13-8-16-4-3-7-20(14-16)30-19-5-1-2-6-19/h3-4,7,9-12,14,19H,1-2,5-6,8,13,15H2,(H2,24,27)(H,25,29)(H,26,28). The highest BCUT2D eigenvalue weighted by atomic mass is 16.5. The lowest BCUT2D eigenvalue weighted by atomic mass is 10.1. The number of carbonyl (C=O) groups excluding carboxylic acids is 3. The second-order valence-corrected chi connectivity index (χ2v) is 7.45. The molecular formula is C23H27N3O4. The van der Waals surface area contributed by atoms with Gasteiger partial charge in [0.15, 0.2) is 0 Å². The highest BCUT2D eigenvalue weighted by Gasteiger charge is 2.16. The summed E-state index contributed by atoms with van der Waals surface area (Å²) in [7, 11) is 0. The Kier molecular flexibility index (Phi) is 7.43. The number of primary amides is 1. The van der Waals surface area contributed by atoms with E-state index in [4.69, 9.17) is 10.5 Å². The summed E-state index contributed by atoms with van der Waals surface area (Å²) in [6.45, 7) is -0.218. The quantitative estimate of drug-likeness (QED) is 0.591. The Balaban J connectivity index is 1.46. The van der Waals surface area contributed by atoms with Gasteiger partial charge in [-0.3, -0.25) is 14.4 Å². The van der Waals surface area contributed by atoms with E-state index in [1.807, 2.05) is 24.3 Å². The van der Waals surface area contributed by atoms with Gasteiger partial charge >= 0.3 is 0 Å². The van der Waals surface area contributed by atoms with E-state index in [0.717, 1.165) is 24.2 Å². The number of carbonyl (C=O) groups is 3. The Morgan fingerprint density at radius 3 is 2.47 bits per heavy atom. The summed E-state index contributed by atoms with van der Waals surface area (Å²) in [6.07, 6.45) is 5.93. The van der Waals surface area contributed by atoms with Crippen molar-refractivity contribution in [2.24, 2.45) is 5.73 Å². The lowest BCUT2D eigenvalue weighted by Crippen LogP contribution is -2.33. The highest BCUT2D eigenvalue weighted by Crippen LogP contribution is 2.25. The van der Waals surface area contributed by atoms with Crippen molar-refractivity contribution in [3.63, 3.8) is 0 Å². The van der Waals surface area contributed by atoms with Crippen LogP contribution >= 0.6 is 0 Å². The van der Waals surface area contributed by atoms with E-state index in [1.165, 1.54) is 12.8 Å². The summed E-state index contributed by atoms with van der Waals surface area (Å²) in [6, 6.07) is 14.4. The molecule has 3 rings (SSSR count). The molecule has 2 aromatic carbocycles. The van der Waals surface area contributed by atoms with Gasteiger partial charge in [-0.2, -0.15) is 0 Å². The van der Waals surface area contributed by atoms with Crippen molar-refractivity contribution in [3.8, 4) is 5.75 Å². The molecular weight excluding hydrogens is 382 g/mol. The largest absolute Gasteiger partial charge is 0.490 e. The number of aryl methyl sites for hydroxylation is 1. The first kappa shape index (κ1) is 21.4.